The van der Waals surface area contributed by atoms with Gasteiger partial charge in [0.05, 0.1) is 10.2 Å². The quantitative estimate of drug-likeness (QED) is 0.362. The zero-order valence-corrected chi connectivity index (χ0v) is 22.9. The van der Waals surface area contributed by atoms with Crippen LogP contribution in [0.5, 0.6) is 17.2 Å². The highest BCUT2D eigenvalue weighted by Gasteiger charge is 2.26. The van der Waals surface area contributed by atoms with Crippen LogP contribution in [0.3, 0.4) is 0 Å². The van der Waals surface area contributed by atoms with Gasteiger partial charge < -0.3 is 19.6 Å². The summed E-state index contributed by atoms with van der Waals surface area (Å²) in [5.41, 5.74) is 0.816. The van der Waals surface area contributed by atoms with Crippen LogP contribution in [0.15, 0.2) is 74.7 Å². The number of ether oxygens (including phenoxy) is 1. The molecule has 1 saturated heterocycles. The third-order valence-electron chi connectivity index (χ3n) is 6.57. The SMILES string of the molecule is Cc1cc(-n2nc(C(=O)N3CCN(c4ccccc4)CC3)c(=O)[nH]c2=O)cc(C)c1Oc1cccc(Br)c1O. The van der Waals surface area contributed by atoms with E-state index in [2.05, 4.69) is 30.9 Å². The van der Waals surface area contributed by atoms with E-state index in [4.69, 9.17) is 4.74 Å². The molecule has 1 amide bonds. The minimum absolute atomic E-state index is 0.0355. The first-order chi connectivity index (χ1) is 18.7. The standard InChI is InChI=1S/C28H26BrN5O5/c1-17-15-20(16-18(2)25(17)39-22-10-6-9-21(29)24(22)35)34-28(38)30-26(36)23(31-34)27(37)33-13-11-32(12-14-33)19-7-4-3-5-8-19/h3-10,15-16,35H,11-14H2,1-2H3,(H,30,36,38). The molecular weight excluding hydrogens is 566 g/mol. The summed E-state index contributed by atoms with van der Waals surface area (Å²) in [5, 5.41) is 14.5. The minimum Gasteiger partial charge on any atom is -0.503 e. The number of carbonyl (C=O) groups is 1. The average molecular weight is 592 g/mol. The topological polar surface area (TPSA) is 121 Å². The van der Waals surface area contributed by atoms with E-state index in [9.17, 15) is 19.5 Å². The highest BCUT2D eigenvalue weighted by molar-refractivity contribution is 9.10. The number of nitrogens with one attached hydrogen (secondary N) is 1. The number of aromatic nitrogens is 3. The number of phenols is 1. The average Bonchev–Trinajstić information content (AvgIpc) is 2.93. The second-order valence-electron chi connectivity index (χ2n) is 9.23. The number of hydrogen-bond acceptors (Lipinski definition) is 7. The van der Waals surface area contributed by atoms with Gasteiger partial charge in [0.25, 0.3) is 11.5 Å². The number of amides is 1. The molecule has 0 saturated carbocycles. The van der Waals surface area contributed by atoms with Crippen LogP contribution in [0.4, 0.5) is 5.69 Å². The summed E-state index contributed by atoms with van der Waals surface area (Å²) in [5.74, 6) is 0.197. The number of nitrogens with zero attached hydrogens (tertiary/aromatic N) is 4. The van der Waals surface area contributed by atoms with Gasteiger partial charge in [0.15, 0.2) is 11.5 Å². The van der Waals surface area contributed by atoms with Gasteiger partial charge in [0.2, 0.25) is 5.69 Å². The van der Waals surface area contributed by atoms with E-state index in [1.54, 1.807) is 49.1 Å². The Morgan fingerprint density at radius 2 is 1.62 bits per heavy atom. The Morgan fingerprint density at radius 1 is 0.949 bits per heavy atom. The molecule has 5 rings (SSSR count). The van der Waals surface area contributed by atoms with Gasteiger partial charge in [-0.2, -0.15) is 9.78 Å². The molecule has 4 aromatic rings. The van der Waals surface area contributed by atoms with Gasteiger partial charge >= 0.3 is 5.69 Å². The van der Waals surface area contributed by atoms with Crippen molar-refractivity contribution in [2.45, 2.75) is 13.8 Å². The molecule has 1 aliphatic heterocycles. The van der Waals surface area contributed by atoms with E-state index in [1.165, 1.54) is 0 Å². The largest absolute Gasteiger partial charge is 0.503 e. The molecule has 0 aliphatic carbocycles. The van der Waals surface area contributed by atoms with Crippen molar-refractivity contribution in [3.8, 4) is 22.9 Å². The summed E-state index contributed by atoms with van der Waals surface area (Å²) in [6.45, 7) is 5.63. The van der Waals surface area contributed by atoms with Crippen LogP contribution in [0, 0.1) is 13.8 Å². The van der Waals surface area contributed by atoms with Crippen LogP contribution >= 0.6 is 15.9 Å². The van der Waals surface area contributed by atoms with Crippen molar-refractivity contribution in [3.05, 3.63) is 103 Å². The van der Waals surface area contributed by atoms with E-state index < -0.39 is 17.2 Å². The molecule has 39 heavy (non-hydrogen) atoms. The van der Waals surface area contributed by atoms with Crippen molar-refractivity contribution < 1.29 is 14.6 Å². The summed E-state index contributed by atoms with van der Waals surface area (Å²) in [4.78, 5) is 44.6. The van der Waals surface area contributed by atoms with E-state index in [-0.39, 0.29) is 17.2 Å². The van der Waals surface area contributed by atoms with Crippen molar-refractivity contribution in [2.24, 2.45) is 0 Å². The highest BCUT2D eigenvalue weighted by atomic mass is 79.9. The number of aromatic hydroxyl groups is 1. The van der Waals surface area contributed by atoms with Gasteiger partial charge in [-0.25, -0.2) is 4.79 Å². The van der Waals surface area contributed by atoms with Crippen molar-refractivity contribution in [1.82, 2.24) is 19.7 Å². The Morgan fingerprint density at radius 3 is 2.28 bits per heavy atom. The number of H-pyrrole nitrogens is 1. The van der Waals surface area contributed by atoms with E-state index in [1.807, 2.05) is 30.3 Å². The minimum atomic E-state index is -0.828. The lowest BCUT2D eigenvalue weighted by Gasteiger charge is -2.35. The Labute approximate surface area is 232 Å². The first-order valence-corrected chi connectivity index (χ1v) is 13.1. The zero-order valence-electron chi connectivity index (χ0n) is 21.3. The predicted octanol–water partition coefficient (Wildman–Crippen LogP) is 3.76. The molecule has 0 radical (unpaired) electrons. The molecule has 3 aromatic carbocycles. The second-order valence-corrected chi connectivity index (χ2v) is 10.1. The number of para-hydroxylation sites is 2. The lowest BCUT2D eigenvalue weighted by molar-refractivity contribution is 0.0736. The van der Waals surface area contributed by atoms with Crippen molar-refractivity contribution in [2.75, 3.05) is 31.1 Å². The molecule has 2 N–H and O–H groups in total. The summed E-state index contributed by atoms with van der Waals surface area (Å²) in [6, 6.07) is 18.3. The second kappa shape index (κ2) is 10.8. The number of hydrogen-bond donors (Lipinski definition) is 2. The summed E-state index contributed by atoms with van der Waals surface area (Å²) < 4.78 is 7.47. The predicted molar refractivity (Wildman–Crippen MR) is 150 cm³/mol. The van der Waals surface area contributed by atoms with Gasteiger partial charge in [-0.1, -0.05) is 24.3 Å². The molecule has 0 atom stereocenters. The molecular formula is C28H26BrN5O5. The Balaban J connectivity index is 1.40. The van der Waals surface area contributed by atoms with Crippen LogP contribution in [0.25, 0.3) is 5.69 Å². The number of anilines is 1. The molecule has 0 spiro atoms. The summed E-state index contributed by atoms with van der Waals surface area (Å²) in [6.07, 6.45) is 0. The Kier molecular flexibility index (Phi) is 7.25. The van der Waals surface area contributed by atoms with Gasteiger partial charge in [0, 0.05) is 31.9 Å². The number of carbonyl (C=O) groups excluding carboxylic acids is 1. The Hall–Kier alpha value is -4.38. The monoisotopic (exact) mass is 591 g/mol. The lowest BCUT2D eigenvalue weighted by atomic mass is 10.1. The van der Waals surface area contributed by atoms with Crippen molar-refractivity contribution in [1.29, 1.82) is 0 Å². The van der Waals surface area contributed by atoms with E-state index in [0.717, 1.165) is 10.4 Å². The number of phenolic OH excluding ortho intramolecular Hbond substituents is 1. The van der Waals surface area contributed by atoms with Crippen molar-refractivity contribution >= 4 is 27.5 Å². The van der Waals surface area contributed by atoms with Gasteiger partial charge in [-0.3, -0.25) is 14.6 Å². The molecule has 0 unspecified atom stereocenters. The summed E-state index contributed by atoms with van der Waals surface area (Å²) >= 11 is 3.27. The lowest BCUT2D eigenvalue weighted by Crippen LogP contribution is -2.50. The number of rotatable bonds is 5. The normalized spacial score (nSPS) is 13.4. The Bertz CT molecular complexity index is 1640. The fourth-order valence-corrected chi connectivity index (χ4v) is 4.92. The molecule has 200 valence electrons. The highest BCUT2D eigenvalue weighted by Crippen LogP contribution is 2.39. The van der Waals surface area contributed by atoms with Crippen LogP contribution in [-0.2, 0) is 0 Å². The summed E-state index contributed by atoms with van der Waals surface area (Å²) in [7, 11) is 0. The maximum Gasteiger partial charge on any atom is 0.349 e. The molecule has 11 heteroatoms. The first kappa shape index (κ1) is 26.2. The van der Waals surface area contributed by atoms with Crippen LogP contribution in [0.1, 0.15) is 21.6 Å². The fourth-order valence-electron chi connectivity index (χ4n) is 4.57. The van der Waals surface area contributed by atoms with Crippen molar-refractivity contribution in [3.63, 3.8) is 0 Å². The van der Waals surface area contributed by atoms with Gasteiger partial charge in [0.1, 0.15) is 5.75 Å². The number of aryl methyl sites for hydroxylation is 2. The smallest absolute Gasteiger partial charge is 0.349 e. The number of benzene rings is 3. The number of aromatic amines is 1. The van der Waals surface area contributed by atoms with Crippen LogP contribution in [-0.4, -0.2) is 56.9 Å². The third kappa shape index (κ3) is 5.30. The maximum atomic E-state index is 13.3. The third-order valence-corrected chi connectivity index (χ3v) is 7.21. The van der Waals surface area contributed by atoms with E-state index in [0.29, 0.717) is 53.2 Å². The molecule has 1 aliphatic rings. The number of piperazine rings is 1. The van der Waals surface area contributed by atoms with Gasteiger partial charge in [-0.05, 0) is 77.3 Å². The molecule has 2 heterocycles. The van der Waals surface area contributed by atoms with Gasteiger partial charge in [-0.15, -0.1) is 0 Å². The molecule has 0 bridgehead atoms. The zero-order chi connectivity index (χ0) is 27.7. The maximum absolute atomic E-state index is 13.3. The molecule has 1 fully saturated rings. The number of halogens is 1. The molecule has 10 nitrogen and oxygen atoms in total. The first-order valence-electron chi connectivity index (χ1n) is 12.3. The van der Waals surface area contributed by atoms with Crippen LogP contribution in [0.2, 0.25) is 0 Å². The fraction of sp³-hybridized carbons (Fsp3) is 0.214. The molecule has 1 aromatic heterocycles. The van der Waals surface area contributed by atoms with Crippen LogP contribution < -0.4 is 20.9 Å². The van der Waals surface area contributed by atoms with E-state index >= 15 is 0 Å².